The van der Waals surface area contributed by atoms with Gasteiger partial charge in [-0.15, -0.1) is 0 Å². The van der Waals surface area contributed by atoms with Crippen molar-refractivity contribution in [1.29, 1.82) is 0 Å². The van der Waals surface area contributed by atoms with Gasteiger partial charge in [-0.25, -0.2) is 0 Å². The first-order valence-corrected chi connectivity index (χ1v) is 6.21. The Morgan fingerprint density at radius 3 is 2.16 bits per heavy atom. The molecule has 2 atom stereocenters. The standard InChI is InChI=1S/C14H19NO4/c1-4-9(2)14(17)19-12-7-5-11(6-8-12)18-10(3)13(15)16/h5-10H,4H2,1-3H3,(H2,15,16)/t9-,10+/m0/s1. The van der Waals surface area contributed by atoms with Crippen molar-refractivity contribution in [2.45, 2.75) is 33.3 Å². The molecule has 0 aliphatic carbocycles. The summed E-state index contributed by atoms with van der Waals surface area (Å²) >= 11 is 0. The van der Waals surface area contributed by atoms with E-state index in [-0.39, 0.29) is 11.9 Å². The molecule has 1 amide bonds. The molecule has 0 heterocycles. The zero-order valence-electron chi connectivity index (χ0n) is 11.4. The quantitative estimate of drug-likeness (QED) is 0.629. The molecule has 0 bridgehead atoms. The van der Waals surface area contributed by atoms with Gasteiger partial charge in [0.25, 0.3) is 5.91 Å². The zero-order chi connectivity index (χ0) is 14.4. The van der Waals surface area contributed by atoms with E-state index in [1.165, 1.54) is 0 Å². The predicted molar refractivity (Wildman–Crippen MR) is 70.8 cm³/mol. The Morgan fingerprint density at radius 2 is 1.68 bits per heavy atom. The van der Waals surface area contributed by atoms with E-state index in [1.807, 2.05) is 13.8 Å². The summed E-state index contributed by atoms with van der Waals surface area (Å²) in [6.45, 7) is 5.31. The maximum Gasteiger partial charge on any atom is 0.314 e. The van der Waals surface area contributed by atoms with Crippen molar-refractivity contribution < 1.29 is 19.1 Å². The average Bonchev–Trinajstić information content (AvgIpc) is 2.39. The minimum atomic E-state index is -0.700. The van der Waals surface area contributed by atoms with E-state index in [2.05, 4.69) is 0 Å². The van der Waals surface area contributed by atoms with Crippen LogP contribution < -0.4 is 15.2 Å². The van der Waals surface area contributed by atoms with Crippen LogP contribution in [-0.2, 0) is 9.59 Å². The summed E-state index contributed by atoms with van der Waals surface area (Å²) in [5.74, 6) is 0.0128. The molecule has 0 aromatic heterocycles. The summed E-state index contributed by atoms with van der Waals surface area (Å²) in [6, 6.07) is 6.48. The van der Waals surface area contributed by atoms with Crippen LogP contribution in [0, 0.1) is 5.92 Å². The van der Waals surface area contributed by atoms with Crippen molar-refractivity contribution in [2.24, 2.45) is 11.7 Å². The summed E-state index contributed by atoms with van der Waals surface area (Å²) in [7, 11) is 0. The molecule has 0 radical (unpaired) electrons. The van der Waals surface area contributed by atoms with Crippen LogP contribution in [-0.4, -0.2) is 18.0 Å². The molecule has 0 aliphatic heterocycles. The predicted octanol–water partition coefficient (Wildman–Crippen LogP) is 1.89. The van der Waals surface area contributed by atoms with Crippen molar-refractivity contribution in [1.82, 2.24) is 0 Å². The Morgan fingerprint density at radius 1 is 1.16 bits per heavy atom. The Kier molecular flexibility index (Phi) is 5.36. The number of hydrogen-bond acceptors (Lipinski definition) is 4. The molecule has 1 rings (SSSR count). The number of nitrogens with two attached hydrogens (primary N) is 1. The van der Waals surface area contributed by atoms with E-state index in [1.54, 1.807) is 31.2 Å². The third kappa shape index (κ3) is 4.62. The lowest BCUT2D eigenvalue weighted by molar-refractivity contribution is -0.138. The van der Waals surface area contributed by atoms with Gasteiger partial charge in [-0.3, -0.25) is 9.59 Å². The summed E-state index contributed by atoms with van der Waals surface area (Å²) < 4.78 is 10.5. The minimum absolute atomic E-state index is 0.134. The second-order valence-electron chi connectivity index (χ2n) is 4.36. The molecule has 1 aromatic carbocycles. The fourth-order valence-corrected chi connectivity index (χ4v) is 1.23. The maximum atomic E-state index is 11.6. The number of amides is 1. The van der Waals surface area contributed by atoms with Crippen molar-refractivity contribution in [2.75, 3.05) is 0 Å². The summed E-state index contributed by atoms with van der Waals surface area (Å²) in [5.41, 5.74) is 5.09. The third-order valence-electron chi connectivity index (χ3n) is 2.77. The van der Waals surface area contributed by atoms with Gasteiger partial charge >= 0.3 is 5.97 Å². The first-order chi connectivity index (χ1) is 8.93. The number of rotatable bonds is 6. The van der Waals surface area contributed by atoms with Gasteiger partial charge in [0.15, 0.2) is 6.10 Å². The van der Waals surface area contributed by atoms with Crippen molar-refractivity contribution in [3.63, 3.8) is 0 Å². The molecule has 0 saturated heterocycles. The van der Waals surface area contributed by atoms with Gasteiger partial charge in [-0.2, -0.15) is 0 Å². The largest absolute Gasteiger partial charge is 0.481 e. The van der Waals surface area contributed by atoms with Gasteiger partial charge in [0.2, 0.25) is 0 Å². The number of carbonyl (C=O) groups is 2. The SMILES string of the molecule is CC[C@H](C)C(=O)Oc1ccc(O[C@H](C)C(N)=O)cc1. The fourth-order valence-electron chi connectivity index (χ4n) is 1.23. The molecule has 0 spiro atoms. The van der Waals surface area contributed by atoms with Crippen LogP contribution in [0.4, 0.5) is 0 Å². The number of esters is 1. The first-order valence-electron chi connectivity index (χ1n) is 6.21. The number of ether oxygens (including phenoxy) is 2. The molecule has 0 fully saturated rings. The minimum Gasteiger partial charge on any atom is -0.481 e. The number of hydrogen-bond donors (Lipinski definition) is 1. The summed E-state index contributed by atoms with van der Waals surface area (Å²) in [5, 5.41) is 0. The van der Waals surface area contributed by atoms with Crippen LogP contribution in [0.2, 0.25) is 0 Å². The zero-order valence-corrected chi connectivity index (χ0v) is 11.4. The van der Waals surface area contributed by atoms with E-state index in [4.69, 9.17) is 15.2 Å². The highest BCUT2D eigenvalue weighted by atomic mass is 16.5. The maximum absolute atomic E-state index is 11.6. The van der Waals surface area contributed by atoms with Crippen molar-refractivity contribution in [3.8, 4) is 11.5 Å². The van der Waals surface area contributed by atoms with E-state index in [9.17, 15) is 9.59 Å². The van der Waals surface area contributed by atoms with Crippen LogP contribution in [0.5, 0.6) is 11.5 Å². The van der Waals surface area contributed by atoms with Crippen LogP contribution >= 0.6 is 0 Å². The summed E-state index contributed by atoms with van der Waals surface area (Å²) in [4.78, 5) is 22.4. The van der Waals surface area contributed by atoms with Gasteiger partial charge in [0.1, 0.15) is 11.5 Å². The highest BCUT2D eigenvalue weighted by molar-refractivity contribution is 5.78. The molecule has 1 aromatic rings. The molecular formula is C14H19NO4. The third-order valence-corrected chi connectivity index (χ3v) is 2.77. The number of benzene rings is 1. The molecule has 19 heavy (non-hydrogen) atoms. The smallest absolute Gasteiger partial charge is 0.314 e. The highest BCUT2D eigenvalue weighted by Gasteiger charge is 2.13. The lowest BCUT2D eigenvalue weighted by atomic mass is 10.1. The second kappa shape index (κ2) is 6.78. The number of carbonyl (C=O) groups excluding carboxylic acids is 2. The first kappa shape index (κ1) is 15.0. The monoisotopic (exact) mass is 265 g/mol. The van der Waals surface area contributed by atoms with Gasteiger partial charge in [-0.05, 0) is 37.6 Å². The lowest BCUT2D eigenvalue weighted by Crippen LogP contribution is -2.30. The number of primary amides is 1. The Bertz CT molecular complexity index is 441. The molecular weight excluding hydrogens is 246 g/mol. The van der Waals surface area contributed by atoms with E-state index < -0.39 is 12.0 Å². The molecule has 0 saturated carbocycles. The lowest BCUT2D eigenvalue weighted by Gasteiger charge is -2.12. The Balaban J connectivity index is 2.61. The molecule has 5 heteroatoms. The van der Waals surface area contributed by atoms with Gasteiger partial charge in [-0.1, -0.05) is 13.8 Å². The average molecular weight is 265 g/mol. The Labute approximate surface area is 112 Å². The highest BCUT2D eigenvalue weighted by Crippen LogP contribution is 2.19. The van der Waals surface area contributed by atoms with E-state index in [0.717, 1.165) is 6.42 Å². The van der Waals surface area contributed by atoms with Crippen LogP contribution in [0.3, 0.4) is 0 Å². The van der Waals surface area contributed by atoms with Crippen LogP contribution in [0.1, 0.15) is 27.2 Å². The molecule has 0 aliphatic rings. The van der Waals surface area contributed by atoms with E-state index in [0.29, 0.717) is 11.5 Å². The van der Waals surface area contributed by atoms with Gasteiger partial charge < -0.3 is 15.2 Å². The molecule has 104 valence electrons. The van der Waals surface area contributed by atoms with Gasteiger partial charge in [0.05, 0.1) is 5.92 Å². The van der Waals surface area contributed by atoms with Gasteiger partial charge in [0, 0.05) is 0 Å². The van der Waals surface area contributed by atoms with Crippen molar-refractivity contribution in [3.05, 3.63) is 24.3 Å². The van der Waals surface area contributed by atoms with E-state index >= 15 is 0 Å². The Hall–Kier alpha value is -2.04. The second-order valence-corrected chi connectivity index (χ2v) is 4.36. The normalized spacial score (nSPS) is 13.4. The topological polar surface area (TPSA) is 78.6 Å². The molecule has 2 N–H and O–H groups in total. The fraction of sp³-hybridized carbons (Fsp3) is 0.429. The summed E-state index contributed by atoms with van der Waals surface area (Å²) in [6.07, 6.45) is 0.0318. The van der Waals surface area contributed by atoms with Crippen LogP contribution in [0.25, 0.3) is 0 Å². The molecule has 0 unspecified atom stereocenters. The van der Waals surface area contributed by atoms with Crippen LogP contribution in [0.15, 0.2) is 24.3 Å². The van der Waals surface area contributed by atoms with Crippen molar-refractivity contribution >= 4 is 11.9 Å². The molecule has 5 nitrogen and oxygen atoms in total.